The van der Waals surface area contributed by atoms with E-state index >= 15 is 0 Å². The summed E-state index contributed by atoms with van der Waals surface area (Å²) in [6.07, 6.45) is 1.80. The first-order valence-electron chi connectivity index (χ1n) is 7.22. The standard InChI is InChI=1S/C17H19ClN2O2.H2O/c1-2-3-11-20(18)17(21)15-12-13(19)9-10-16(15)22-14-7-5-4-6-8-14;/h4-10,12H,2-3,11,19H2,1H3;1H2. The molecule has 2 aromatic rings. The molecule has 0 aliphatic heterocycles. The van der Waals surface area contributed by atoms with Crippen LogP contribution in [0.15, 0.2) is 48.5 Å². The Balaban J connectivity index is 0.00000264. The number of anilines is 1. The van der Waals surface area contributed by atoms with Crippen LogP contribution in [0.25, 0.3) is 0 Å². The highest BCUT2D eigenvalue weighted by Crippen LogP contribution is 2.28. The largest absolute Gasteiger partial charge is 0.457 e. The summed E-state index contributed by atoms with van der Waals surface area (Å²) < 4.78 is 6.96. The molecule has 0 aliphatic rings. The molecule has 0 saturated heterocycles. The number of halogens is 1. The van der Waals surface area contributed by atoms with Crippen LogP contribution in [0.5, 0.6) is 11.5 Å². The Morgan fingerprint density at radius 2 is 1.91 bits per heavy atom. The fraction of sp³-hybridized carbons (Fsp3) is 0.235. The molecule has 0 heterocycles. The molecular weight excluding hydrogens is 316 g/mol. The predicted molar refractivity (Wildman–Crippen MR) is 92.8 cm³/mol. The Kier molecular flexibility index (Phi) is 7.38. The Bertz CT molecular complexity index is 635. The minimum atomic E-state index is -0.312. The van der Waals surface area contributed by atoms with Gasteiger partial charge in [-0.05, 0) is 36.8 Å². The molecule has 0 bridgehead atoms. The van der Waals surface area contributed by atoms with E-state index in [1.165, 1.54) is 4.42 Å². The number of nitrogens with two attached hydrogens (primary N) is 1. The third kappa shape index (κ3) is 5.16. The van der Waals surface area contributed by atoms with Crippen molar-refractivity contribution in [3.63, 3.8) is 0 Å². The van der Waals surface area contributed by atoms with E-state index in [1.54, 1.807) is 18.2 Å². The molecule has 0 unspecified atom stereocenters. The molecule has 124 valence electrons. The van der Waals surface area contributed by atoms with E-state index in [0.717, 1.165) is 12.8 Å². The van der Waals surface area contributed by atoms with Gasteiger partial charge in [0, 0.05) is 24.0 Å². The normalized spacial score (nSPS) is 9.83. The minimum absolute atomic E-state index is 0. The smallest absolute Gasteiger partial charge is 0.272 e. The van der Waals surface area contributed by atoms with Crippen molar-refractivity contribution < 1.29 is 15.0 Å². The molecule has 0 atom stereocenters. The van der Waals surface area contributed by atoms with Crippen LogP contribution in [0.2, 0.25) is 0 Å². The highest BCUT2D eigenvalue weighted by molar-refractivity contribution is 6.24. The van der Waals surface area contributed by atoms with Crippen LogP contribution in [-0.2, 0) is 0 Å². The van der Waals surface area contributed by atoms with Crippen molar-refractivity contribution in [2.45, 2.75) is 19.8 Å². The van der Waals surface area contributed by atoms with Gasteiger partial charge in [-0.3, -0.25) is 9.21 Å². The van der Waals surface area contributed by atoms with E-state index in [-0.39, 0.29) is 11.4 Å². The summed E-state index contributed by atoms with van der Waals surface area (Å²) in [5.74, 6) is 0.775. The fourth-order valence-corrected chi connectivity index (χ4v) is 2.16. The topological polar surface area (TPSA) is 87.1 Å². The van der Waals surface area contributed by atoms with Gasteiger partial charge in [-0.1, -0.05) is 31.5 Å². The minimum Gasteiger partial charge on any atom is -0.457 e. The molecule has 0 aromatic heterocycles. The molecule has 0 saturated carbocycles. The number of carbonyl (C=O) groups excluding carboxylic acids is 1. The number of amides is 1. The second kappa shape index (κ2) is 9.02. The zero-order chi connectivity index (χ0) is 15.9. The maximum absolute atomic E-state index is 12.5. The summed E-state index contributed by atoms with van der Waals surface area (Å²) in [7, 11) is 0. The van der Waals surface area contributed by atoms with Crippen LogP contribution >= 0.6 is 11.8 Å². The van der Waals surface area contributed by atoms with Crippen LogP contribution in [0.4, 0.5) is 5.69 Å². The molecule has 4 N–H and O–H groups in total. The summed E-state index contributed by atoms with van der Waals surface area (Å²) >= 11 is 6.06. The van der Waals surface area contributed by atoms with Gasteiger partial charge in [0.2, 0.25) is 0 Å². The molecule has 6 heteroatoms. The van der Waals surface area contributed by atoms with Crippen LogP contribution in [-0.4, -0.2) is 22.3 Å². The van der Waals surface area contributed by atoms with Gasteiger partial charge in [0.1, 0.15) is 11.5 Å². The number of ether oxygens (including phenoxy) is 1. The van der Waals surface area contributed by atoms with Crippen molar-refractivity contribution in [2.24, 2.45) is 0 Å². The summed E-state index contributed by atoms with van der Waals surface area (Å²) in [6, 6.07) is 14.2. The van der Waals surface area contributed by atoms with Crippen molar-refractivity contribution >= 4 is 23.4 Å². The molecule has 23 heavy (non-hydrogen) atoms. The van der Waals surface area contributed by atoms with Crippen LogP contribution in [0, 0.1) is 0 Å². The van der Waals surface area contributed by atoms with E-state index in [2.05, 4.69) is 0 Å². The van der Waals surface area contributed by atoms with E-state index in [4.69, 9.17) is 22.2 Å². The molecule has 1 amide bonds. The fourth-order valence-electron chi connectivity index (χ4n) is 1.95. The second-order valence-corrected chi connectivity index (χ2v) is 5.32. The highest BCUT2D eigenvalue weighted by Gasteiger charge is 2.19. The lowest BCUT2D eigenvalue weighted by molar-refractivity contribution is 0.0860. The van der Waals surface area contributed by atoms with Gasteiger partial charge in [-0.25, -0.2) is 0 Å². The highest BCUT2D eigenvalue weighted by atomic mass is 35.5. The summed E-state index contributed by atoms with van der Waals surface area (Å²) in [6.45, 7) is 2.52. The van der Waals surface area contributed by atoms with Gasteiger partial charge < -0.3 is 15.9 Å². The zero-order valence-electron chi connectivity index (χ0n) is 13.0. The number of carbonyl (C=O) groups is 1. The van der Waals surface area contributed by atoms with Gasteiger partial charge >= 0.3 is 0 Å². The maximum atomic E-state index is 12.5. The third-order valence-corrected chi connectivity index (χ3v) is 3.46. The average Bonchev–Trinajstić information content (AvgIpc) is 2.54. The zero-order valence-corrected chi connectivity index (χ0v) is 13.7. The lowest BCUT2D eigenvalue weighted by Gasteiger charge is -2.16. The Morgan fingerprint density at radius 3 is 2.57 bits per heavy atom. The van der Waals surface area contributed by atoms with Gasteiger partial charge in [-0.2, -0.15) is 0 Å². The summed E-state index contributed by atoms with van der Waals surface area (Å²) in [4.78, 5) is 12.5. The molecule has 0 radical (unpaired) electrons. The van der Waals surface area contributed by atoms with Crippen LogP contribution in [0.3, 0.4) is 0 Å². The number of hydrogen-bond donors (Lipinski definition) is 1. The van der Waals surface area contributed by atoms with E-state index in [1.807, 2.05) is 37.3 Å². The number of rotatable bonds is 6. The van der Waals surface area contributed by atoms with Crippen LogP contribution in [0.1, 0.15) is 30.1 Å². The van der Waals surface area contributed by atoms with Crippen LogP contribution < -0.4 is 10.5 Å². The Morgan fingerprint density at radius 1 is 1.22 bits per heavy atom. The monoisotopic (exact) mass is 336 g/mol. The molecule has 5 nitrogen and oxygen atoms in total. The molecule has 2 rings (SSSR count). The number of unbranched alkanes of at least 4 members (excludes halogenated alkanes) is 1. The number of nitrogen functional groups attached to an aromatic ring is 1. The van der Waals surface area contributed by atoms with E-state index < -0.39 is 0 Å². The Hall–Kier alpha value is -2.24. The first-order chi connectivity index (χ1) is 10.6. The number of benzene rings is 2. The lowest BCUT2D eigenvalue weighted by Crippen LogP contribution is -2.23. The predicted octanol–water partition coefficient (Wildman–Crippen LogP) is 3.63. The average molecular weight is 337 g/mol. The first-order valence-corrected chi connectivity index (χ1v) is 7.55. The SMILES string of the molecule is CCCCN(Cl)C(=O)c1cc(N)ccc1Oc1ccccc1.O. The molecule has 2 aromatic carbocycles. The summed E-state index contributed by atoms with van der Waals surface area (Å²) in [5.41, 5.74) is 6.64. The van der Waals surface area contributed by atoms with Gasteiger partial charge in [0.15, 0.2) is 0 Å². The second-order valence-electron chi connectivity index (χ2n) is 4.92. The van der Waals surface area contributed by atoms with Gasteiger partial charge in [-0.15, -0.1) is 0 Å². The van der Waals surface area contributed by atoms with E-state index in [9.17, 15) is 4.79 Å². The third-order valence-electron chi connectivity index (χ3n) is 3.13. The molecule has 0 spiro atoms. The first kappa shape index (κ1) is 18.8. The number of nitrogens with zero attached hydrogens (tertiary/aromatic N) is 1. The van der Waals surface area contributed by atoms with Gasteiger partial charge in [0.25, 0.3) is 5.91 Å². The van der Waals surface area contributed by atoms with Gasteiger partial charge in [0.05, 0.1) is 5.56 Å². The molecule has 0 aliphatic carbocycles. The molecule has 0 fully saturated rings. The quantitative estimate of drug-likeness (QED) is 0.645. The number of hydrogen-bond acceptors (Lipinski definition) is 3. The number of para-hydroxylation sites is 1. The lowest BCUT2D eigenvalue weighted by atomic mass is 10.1. The van der Waals surface area contributed by atoms with E-state index in [0.29, 0.717) is 29.3 Å². The van der Waals surface area contributed by atoms with Crippen molar-refractivity contribution in [1.82, 2.24) is 4.42 Å². The molecular formula is C17H21ClN2O3. The van der Waals surface area contributed by atoms with Crippen molar-refractivity contribution in [1.29, 1.82) is 0 Å². The maximum Gasteiger partial charge on any atom is 0.272 e. The summed E-state index contributed by atoms with van der Waals surface area (Å²) in [5, 5.41) is 0. The van der Waals surface area contributed by atoms with Crippen molar-refractivity contribution in [3.05, 3.63) is 54.1 Å². The Labute approximate surface area is 141 Å². The van der Waals surface area contributed by atoms with Crippen molar-refractivity contribution in [2.75, 3.05) is 12.3 Å². The van der Waals surface area contributed by atoms with Crippen molar-refractivity contribution in [3.8, 4) is 11.5 Å².